The molecule has 0 spiro atoms. The molecule has 0 aliphatic carbocycles. The molecule has 3 aromatic rings. The third kappa shape index (κ3) is 3.14. The molecule has 1 heterocycles. The van der Waals surface area contributed by atoms with E-state index in [4.69, 9.17) is 11.6 Å². The first kappa shape index (κ1) is 14.0. The molecule has 0 radical (unpaired) electrons. The zero-order chi connectivity index (χ0) is 12.4. The fourth-order valence-electron chi connectivity index (χ4n) is 2.13. The summed E-state index contributed by atoms with van der Waals surface area (Å²) in [4.78, 5) is 0. The van der Waals surface area contributed by atoms with Crippen molar-refractivity contribution in [3.8, 4) is 0 Å². The molecule has 0 bridgehead atoms. The Morgan fingerprint density at radius 3 is 2.47 bits per heavy atom. The molecule has 0 amide bonds. The van der Waals surface area contributed by atoms with Gasteiger partial charge in [0.2, 0.25) is 0 Å². The molecule has 0 fully saturated rings. The predicted molar refractivity (Wildman–Crippen MR) is 74.7 cm³/mol. The Morgan fingerprint density at radius 1 is 0.895 bits per heavy atom. The largest absolute Gasteiger partial charge is 1.00 e. The summed E-state index contributed by atoms with van der Waals surface area (Å²) < 4.78 is 2.17. The van der Waals surface area contributed by atoms with E-state index in [2.05, 4.69) is 53.4 Å². The molecule has 0 aliphatic heterocycles. The summed E-state index contributed by atoms with van der Waals surface area (Å²) in [7, 11) is 0. The minimum absolute atomic E-state index is 0. The van der Waals surface area contributed by atoms with Crippen LogP contribution >= 0.6 is 11.6 Å². The lowest BCUT2D eigenvalue weighted by Crippen LogP contribution is -3.00. The second kappa shape index (κ2) is 6.18. The summed E-state index contributed by atoms with van der Waals surface area (Å²) in [6.07, 6.45) is 4.20. The Bertz CT molecular complexity index is 683. The summed E-state index contributed by atoms with van der Waals surface area (Å²) in [6, 6.07) is 18.5. The molecule has 19 heavy (non-hydrogen) atoms. The highest BCUT2D eigenvalue weighted by Crippen LogP contribution is 2.21. The van der Waals surface area contributed by atoms with Gasteiger partial charge in [-0.1, -0.05) is 48.0 Å². The van der Waals surface area contributed by atoms with Gasteiger partial charge in [0.15, 0.2) is 18.9 Å². The van der Waals surface area contributed by atoms with E-state index in [0.29, 0.717) is 0 Å². The van der Waals surface area contributed by atoms with Gasteiger partial charge in [0.25, 0.3) is 0 Å². The highest BCUT2D eigenvalue weighted by atomic mass is 79.9. The van der Waals surface area contributed by atoms with Crippen molar-refractivity contribution in [1.82, 2.24) is 0 Å². The van der Waals surface area contributed by atoms with Crippen LogP contribution in [0.3, 0.4) is 0 Å². The van der Waals surface area contributed by atoms with E-state index in [1.807, 2.05) is 18.2 Å². The minimum Gasteiger partial charge on any atom is -1.00 e. The number of rotatable bonds is 2. The van der Waals surface area contributed by atoms with Crippen molar-refractivity contribution in [2.45, 2.75) is 6.54 Å². The highest BCUT2D eigenvalue weighted by molar-refractivity contribution is 6.35. The molecule has 0 atom stereocenters. The van der Waals surface area contributed by atoms with Crippen LogP contribution in [0, 0.1) is 0 Å². The van der Waals surface area contributed by atoms with Crippen molar-refractivity contribution in [2.24, 2.45) is 0 Å². The summed E-state index contributed by atoms with van der Waals surface area (Å²) in [5.74, 6) is 0. The van der Waals surface area contributed by atoms with Gasteiger partial charge in [-0.3, -0.25) is 0 Å². The maximum atomic E-state index is 6.16. The van der Waals surface area contributed by atoms with Crippen LogP contribution in [0.4, 0.5) is 0 Å². The molecule has 3 heteroatoms. The normalized spacial score (nSPS) is 10.2. The highest BCUT2D eigenvalue weighted by Gasteiger charge is 2.06. The summed E-state index contributed by atoms with van der Waals surface area (Å²) in [6.45, 7) is 0.878. The van der Waals surface area contributed by atoms with Gasteiger partial charge in [0, 0.05) is 27.4 Å². The molecular weight excluding hydrogens is 322 g/mol. The van der Waals surface area contributed by atoms with Gasteiger partial charge in [-0.25, -0.2) is 4.57 Å². The zero-order valence-electron chi connectivity index (χ0n) is 10.3. The van der Waals surface area contributed by atoms with Crippen molar-refractivity contribution in [3.63, 3.8) is 0 Å². The molecule has 2 aromatic carbocycles. The first-order chi connectivity index (χ1) is 8.83. The van der Waals surface area contributed by atoms with E-state index in [-0.39, 0.29) is 17.0 Å². The SMILES string of the molecule is Clc1cccc2c[n+](Cc3ccccc3)ccc12.[Br-]. The number of benzene rings is 2. The van der Waals surface area contributed by atoms with Crippen LogP contribution in [-0.4, -0.2) is 0 Å². The second-order valence-electron chi connectivity index (χ2n) is 4.35. The van der Waals surface area contributed by atoms with Crippen molar-refractivity contribution in [1.29, 1.82) is 0 Å². The lowest BCUT2D eigenvalue weighted by Gasteiger charge is -2.01. The number of pyridine rings is 1. The first-order valence-electron chi connectivity index (χ1n) is 5.94. The second-order valence-corrected chi connectivity index (χ2v) is 4.75. The number of aromatic nitrogens is 1. The Morgan fingerprint density at radius 2 is 1.68 bits per heavy atom. The molecule has 0 saturated heterocycles. The number of hydrogen-bond donors (Lipinski definition) is 0. The number of fused-ring (bicyclic) bond motifs is 1. The standard InChI is InChI=1S/C16H13ClN.BrH/c17-16-8-4-7-14-12-18(10-9-15(14)16)11-13-5-2-1-3-6-13;/h1-10,12H,11H2;1H/q+1;/p-1. The van der Waals surface area contributed by atoms with Gasteiger partial charge < -0.3 is 17.0 Å². The van der Waals surface area contributed by atoms with E-state index in [0.717, 1.165) is 17.0 Å². The third-order valence-electron chi connectivity index (χ3n) is 3.03. The Labute approximate surface area is 128 Å². The fraction of sp³-hybridized carbons (Fsp3) is 0.0625. The van der Waals surface area contributed by atoms with Gasteiger partial charge in [-0.2, -0.15) is 0 Å². The van der Waals surface area contributed by atoms with Gasteiger partial charge in [0.1, 0.15) is 0 Å². The zero-order valence-corrected chi connectivity index (χ0v) is 12.6. The number of halogens is 2. The molecule has 3 rings (SSSR count). The van der Waals surface area contributed by atoms with Crippen LogP contribution in [0.1, 0.15) is 5.56 Å². The maximum absolute atomic E-state index is 6.16. The monoisotopic (exact) mass is 333 g/mol. The van der Waals surface area contributed by atoms with Crippen molar-refractivity contribution in [3.05, 3.63) is 77.6 Å². The minimum atomic E-state index is 0. The Kier molecular flexibility index (Phi) is 4.56. The molecule has 0 saturated carbocycles. The van der Waals surface area contributed by atoms with Crippen LogP contribution < -0.4 is 21.5 Å². The van der Waals surface area contributed by atoms with Crippen LogP contribution in [0.15, 0.2) is 67.0 Å². The summed E-state index contributed by atoms with van der Waals surface area (Å²) in [5.41, 5.74) is 1.30. The van der Waals surface area contributed by atoms with Gasteiger partial charge >= 0.3 is 0 Å². The fourth-order valence-corrected chi connectivity index (χ4v) is 2.37. The average molecular weight is 335 g/mol. The van der Waals surface area contributed by atoms with Crippen LogP contribution in [-0.2, 0) is 6.54 Å². The maximum Gasteiger partial charge on any atom is 0.177 e. The summed E-state index contributed by atoms with van der Waals surface area (Å²) >= 11 is 6.16. The van der Waals surface area contributed by atoms with E-state index in [1.54, 1.807) is 0 Å². The van der Waals surface area contributed by atoms with Gasteiger partial charge in [0.05, 0.1) is 0 Å². The Balaban J connectivity index is 0.00000133. The molecule has 0 unspecified atom stereocenters. The van der Waals surface area contributed by atoms with Gasteiger partial charge in [-0.15, -0.1) is 0 Å². The smallest absolute Gasteiger partial charge is 0.177 e. The third-order valence-corrected chi connectivity index (χ3v) is 3.36. The number of nitrogens with zero attached hydrogens (tertiary/aromatic N) is 1. The molecular formula is C16H13BrClN. The van der Waals surface area contributed by atoms with Crippen LogP contribution in [0.5, 0.6) is 0 Å². The van der Waals surface area contributed by atoms with E-state index >= 15 is 0 Å². The van der Waals surface area contributed by atoms with Crippen LogP contribution in [0.2, 0.25) is 5.02 Å². The predicted octanol–water partition coefficient (Wildman–Crippen LogP) is 0.833. The van der Waals surface area contributed by atoms with Crippen LogP contribution in [0.25, 0.3) is 10.8 Å². The lowest BCUT2D eigenvalue weighted by molar-refractivity contribution is -0.687. The average Bonchev–Trinajstić information content (AvgIpc) is 2.40. The molecule has 1 aromatic heterocycles. The molecule has 1 nitrogen and oxygen atoms in total. The lowest BCUT2D eigenvalue weighted by atomic mass is 10.1. The van der Waals surface area contributed by atoms with Gasteiger partial charge in [-0.05, 0) is 12.1 Å². The van der Waals surface area contributed by atoms with E-state index in [1.165, 1.54) is 10.9 Å². The first-order valence-corrected chi connectivity index (χ1v) is 6.32. The molecule has 96 valence electrons. The Hall–Kier alpha value is -1.38. The van der Waals surface area contributed by atoms with Crippen molar-refractivity contribution < 1.29 is 21.5 Å². The molecule has 0 aliphatic rings. The van der Waals surface area contributed by atoms with Crippen molar-refractivity contribution in [2.75, 3.05) is 0 Å². The van der Waals surface area contributed by atoms with Crippen molar-refractivity contribution >= 4 is 22.4 Å². The van der Waals surface area contributed by atoms with E-state index < -0.39 is 0 Å². The quantitative estimate of drug-likeness (QED) is 0.611. The number of hydrogen-bond acceptors (Lipinski definition) is 0. The van der Waals surface area contributed by atoms with E-state index in [9.17, 15) is 0 Å². The topological polar surface area (TPSA) is 3.88 Å². The summed E-state index contributed by atoms with van der Waals surface area (Å²) in [5, 5.41) is 3.07. The molecule has 0 N–H and O–H groups in total.